The number of para-hydroxylation sites is 1. The van der Waals surface area contributed by atoms with Gasteiger partial charge >= 0.3 is 5.97 Å². The summed E-state index contributed by atoms with van der Waals surface area (Å²) < 4.78 is 10.6. The molecule has 3 aromatic carbocycles. The first-order chi connectivity index (χ1) is 18.4. The second-order valence-corrected chi connectivity index (χ2v) is 9.49. The second-order valence-electron chi connectivity index (χ2n) is 8.51. The molecule has 1 heterocycles. The van der Waals surface area contributed by atoms with Crippen LogP contribution in [0.3, 0.4) is 0 Å². The number of hydrogen-bond acceptors (Lipinski definition) is 7. The Balaban J connectivity index is 1.47. The summed E-state index contributed by atoms with van der Waals surface area (Å²) in [6.07, 6.45) is 0. The fourth-order valence-corrected chi connectivity index (χ4v) is 4.87. The molecule has 2 atom stereocenters. The van der Waals surface area contributed by atoms with Gasteiger partial charge in [0.25, 0.3) is 0 Å². The SMILES string of the molecule is COC(=O)[C@@H]1C(=O)NC(SCC(=O)Nc2ccc(Oc3ccccc3)cc2)=C(C#N)[C@@H]1c1ccc(C)cc1. The zero-order chi connectivity index (χ0) is 27.1. The first kappa shape index (κ1) is 26.5. The van der Waals surface area contributed by atoms with Crippen LogP contribution < -0.4 is 15.4 Å². The predicted octanol–water partition coefficient (Wildman–Crippen LogP) is 4.90. The Kier molecular flexibility index (Phi) is 8.46. The Morgan fingerprint density at radius 1 is 1.00 bits per heavy atom. The minimum atomic E-state index is -1.22. The van der Waals surface area contributed by atoms with Crippen molar-refractivity contribution in [1.82, 2.24) is 5.32 Å². The van der Waals surface area contributed by atoms with Crippen molar-refractivity contribution >= 4 is 35.2 Å². The van der Waals surface area contributed by atoms with E-state index >= 15 is 0 Å². The van der Waals surface area contributed by atoms with Crippen molar-refractivity contribution in [3.05, 3.63) is 101 Å². The van der Waals surface area contributed by atoms with Gasteiger partial charge in [-0.15, -0.1) is 0 Å². The number of hydrogen-bond donors (Lipinski definition) is 2. The molecule has 1 aliphatic heterocycles. The van der Waals surface area contributed by atoms with E-state index in [0.29, 0.717) is 22.7 Å². The fraction of sp³-hybridized carbons (Fsp3) is 0.172. The zero-order valence-corrected chi connectivity index (χ0v) is 21.6. The monoisotopic (exact) mass is 527 g/mol. The van der Waals surface area contributed by atoms with Crippen LogP contribution in [0.25, 0.3) is 0 Å². The predicted molar refractivity (Wildman–Crippen MR) is 144 cm³/mol. The summed E-state index contributed by atoms with van der Waals surface area (Å²) >= 11 is 1.03. The van der Waals surface area contributed by atoms with Gasteiger partial charge in [0, 0.05) is 11.6 Å². The van der Waals surface area contributed by atoms with Gasteiger partial charge in [-0.1, -0.05) is 59.8 Å². The van der Waals surface area contributed by atoms with E-state index in [1.165, 1.54) is 7.11 Å². The van der Waals surface area contributed by atoms with Crippen molar-refractivity contribution < 1.29 is 23.9 Å². The topological polar surface area (TPSA) is 118 Å². The lowest BCUT2D eigenvalue weighted by Gasteiger charge is -2.31. The van der Waals surface area contributed by atoms with E-state index < -0.39 is 23.7 Å². The molecule has 0 fully saturated rings. The molecule has 0 unspecified atom stereocenters. The molecule has 8 nitrogen and oxygen atoms in total. The summed E-state index contributed by atoms with van der Waals surface area (Å²) in [6.45, 7) is 1.92. The highest BCUT2D eigenvalue weighted by Gasteiger charge is 2.44. The largest absolute Gasteiger partial charge is 0.468 e. The van der Waals surface area contributed by atoms with Gasteiger partial charge in [-0.2, -0.15) is 5.26 Å². The fourth-order valence-electron chi connectivity index (χ4n) is 4.02. The van der Waals surface area contributed by atoms with E-state index in [-0.39, 0.29) is 22.3 Å². The van der Waals surface area contributed by atoms with Gasteiger partial charge in [-0.25, -0.2) is 0 Å². The number of thioether (sulfide) groups is 1. The molecular weight excluding hydrogens is 502 g/mol. The molecule has 0 saturated carbocycles. The van der Waals surface area contributed by atoms with E-state index in [9.17, 15) is 19.6 Å². The van der Waals surface area contributed by atoms with Crippen LogP contribution in [0.1, 0.15) is 17.0 Å². The minimum Gasteiger partial charge on any atom is -0.468 e. The molecule has 4 rings (SSSR count). The Bertz CT molecular complexity index is 1400. The van der Waals surface area contributed by atoms with Crippen molar-refractivity contribution in [1.29, 1.82) is 5.26 Å². The van der Waals surface area contributed by atoms with E-state index in [1.807, 2.05) is 49.4 Å². The summed E-state index contributed by atoms with van der Waals surface area (Å²) in [5.74, 6) is -2.42. The minimum absolute atomic E-state index is 0.0629. The molecule has 0 aromatic heterocycles. The maximum absolute atomic E-state index is 12.9. The highest BCUT2D eigenvalue weighted by Crippen LogP contribution is 2.40. The Morgan fingerprint density at radius 2 is 1.66 bits per heavy atom. The number of carbonyl (C=O) groups excluding carboxylic acids is 3. The lowest BCUT2D eigenvalue weighted by Crippen LogP contribution is -2.44. The number of nitrogens with zero attached hydrogens (tertiary/aromatic N) is 1. The molecule has 0 radical (unpaired) electrons. The molecule has 38 heavy (non-hydrogen) atoms. The molecule has 192 valence electrons. The van der Waals surface area contributed by atoms with Gasteiger partial charge in [0.1, 0.15) is 17.4 Å². The first-order valence-electron chi connectivity index (χ1n) is 11.7. The van der Waals surface area contributed by atoms with Crippen LogP contribution >= 0.6 is 11.8 Å². The van der Waals surface area contributed by atoms with Gasteiger partial charge in [0.05, 0.1) is 29.5 Å². The number of anilines is 1. The van der Waals surface area contributed by atoms with Crippen LogP contribution in [0.2, 0.25) is 0 Å². The number of allylic oxidation sites excluding steroid dienone is 1. The summed E-state index contributed by atoms with van der Waals surface area (Å²) in [5, 5.41) is 15.7. The summed E-state index contributed by atoms with van der Waals surface area (Å²) in [5.41, 5.74) is 2.40. The smallest absolute Gasteiger partial charge is 0.319 e. The molecule has 3 aromatic rings. The van der Waals surface area contributed by atoms with Crippen molar-refractivity contribution in [2.24, 2.45) is 5.92 Å². The number of ether oxygens (including phenoxy) is 2. The van der Waals surface area contributed by atoms with Crippen LogP contribution in [0, 0.1) is 24.2 Å². The molecule has 1 aliphatic rings. The third kappa shape index (κ3) is 6.22. The Hall–Kier alpha value is -4.55. The van der Waals surface area contributed by atoms with Crippen LogP contribution in [0.4, 0.5) is 5.69 Å². The molecule has 2 N–H and O–H groups in total. The average molecular weight is 528 g/mol. The molecule has 2 amide bonds. The number of esters is 1. The first-order valence-corrected chi connectivity index (χ1v) is 12.7. The summed E-state index contributed by atoms with van der Waals surface area (Å²) in [4.78, 5) is 38.1. The molecule has 0 aliphatic carbocycles. The number of amides is 2. The van der Waals surface area contributed by atoms with E-state index in [0.717, 1.165) is 17.3 Å². The highest BCUT2D eigenvalue weighted by molar-refractivity contribution is 8.03. The quantitative estimate of drug-likeness (QED) is 0.316. The summed E-state index contributed by atoms with van der Waals surface area (Å²) in [6, 6.07) is 25.7. The third-order valence-electron chi connectivity index (χ3n) is 5.88. The van der Waals surface area contributed by atoms with E-state index in [1.54, 1.807) is 36.4 Å². The van der Waals surface area contributed by atoms with Crippen molar-refractivity contribution in [2.75, 3.05) is 18.2 Å². The third-order valence-corrected chi connectivity index (χ3v) is 6.90. The number of methoxy groups -OCH3 is 1. The van der Waals surface area contributed by atoms with Crippen LogP contribution in [-0.4, -0.2) is 30.6 Å². The van der Waals surface area contributed by atoms with Crippen LogP contribution in [-0.2, 0) is 19.1 Å². The van der Waals surface area contributed by atoms with Gasteiger partial charge in [-0.05, 0) is 48.9 Å². The molecule has 0 saturated heterocycles. The number of benzene rings is 3. The van der Waals surface area contributed by atoms with Crippen molar-refractivity contribution in [3.63, 3.8) is 0 Å². The van der Waals surface area contributed by atoms with Gasteiger partial charge in [-0.3, -0.25) is 14.4 Å². The van der Waals surface area contributed by atoms with Crippen LogP contribution in [0.15, 0.2) is 89.5 Å². The molecule has 9 heteroatoms. The number of aryl methyl sites for hydroxylation is 1. The Morgan fingerprint density at radius 3 is 2.29 bits per heavy atom. The van der Waals surface area contributed by atoms with Gasteiger partial charge in [0.2, 0.25) is 11.8 Å². The second kappa shape index (κ2) is 12.1. The van der Waals surface area contributed by atoms with Gasteiger partial charge < -0.3 is 20.1 Å². The summed E-state index contributed by atoms with van der Waals surface area (Å²) in [7, 11) is 1.20. The lowest BCUT2D eigenvalue weighted by molar-refractivity contribution is -0.150. The standard InChI is InChI=1S/C29H25N3O5S/c1-18-8-10-19(11-9-18)25-23(16-30)28(32-27(34)26(25)29(35)36-2)38-17-24(33)31-20-12-14-22(15-13-20)37-21-6-4-3-5-7-21/h3-15,25-26H,17H2,1-2H3,(H,31,33)(H,32,34)/t25-,26-/m0/s1. The number of nitrogens with one attached hydrogen (secondary N) is 2. The Labute approximate surface area is 224 Å². The number of nitriles is 1. The molecule has 0 bridgehead atoms. The maximum atomic E-state index is 12.9. The van der Waals surface area contributed by atoms with Crippen LogP contribution in [0.5, 0.6) is 11.5 Å². The van der Waals surface area contributed by atoms with Gasteiger partial charge in [0.15, 0.2) is 0 Å². The van der Waals surface area contributed by atoms with Crippen molar-refractivity contribution in [2.45, 2.75) is 12.8 Å². The molecular formula is C29H25N3O5S. The number of rotatable bonds is 8. The zero-order valence-electron chi connectivity index (χ0n) is 20.8. The number of carbonyl (C=O) groups is 3. The van der Waals surface area contributed by atoms with E-state index in [4.69, 9.17) is 9.47 Å². The lowest BCUT2D eigenvalue weighted by atomic mass is 9.78. The van der Waals surface area contributed by atoms with E-state index in [2.05, 4.69) is 16.7 Å². The highest BCUT2D eigenvalue weighted by atomic mass is 32.2. The van der Waals surface area contributed by atoms with Crippen molar-refractivity contribution in [3.8, 4) is 17.6 Å². The maximum Gasteiger partial charge on any atom is 0.319 e. The molecule has 0 spiro atoms. The normalized spacial score (nSPS) is 16.7. The average Bonchev–Trinajstić information content (AvgIpc) is 2.93.